The van der Waals surface area contributed by atoms with E-state index in [1.165, 1.54) is 12.8 Å². The molecule has 0 fully saturated rings. The van der Waals surface area contributed by atoms with E-state index in [0.29, 0.717) is 9.71 Å². The number of halogens is 1. The first-order valence-electron chi connectivity index (χ1n) is 3.30. The first-order valence-corrected chi connectivity index (χ1v) is 4.55. The molecule has 0 spiro atoms. The smallest absolute Gasteiger partial charge is 0.130 e. The molecule has 0 N–H and O–H groups in total. The van der Waals surface area contributed by atoms with E-state index in [1.807, 2.05) is 0 Å². The van der Waals surface area contributed by atoms with Crippen molar-refractivity contribution >= 4 is 28.4 Å². The van der Waals surface area contributed by atoms with Crippen molar-refractivity contribution in [1.29, 1.82) is 0 Å². The van der Waals surface area contributed by atoms with Crippen molar-refractivity contribution in [2.75, 3.05) is 0 Å². The molecule has 0 aromatic carbocycles. The topological polar surface area (TPSA) is 17.1 Å². The summed E-state index contributed by atoms with van der Waals surface area (Å²) in [4.78, 5) is 10.5. The Kier molecular flexibility index (Phi) is 5.44. The fourth-order valence-electron chi connectivity index (χ4n) is 0.727. The monoisotopic (exact) mass is 240 g/mol. The lowest BCUT2D eigenvalue weighted by Crippen LogP contribution is -2.02. The van der Waals surface area contributed by atoms with Crippen LogP contribution in [-0.4, -0.2) is 9.71 Å². The van der Waals surface area contributed by atoms with Crippen molar-refractivity contribution in [3.63, 3.8) is 0 Å². The van der Waals surface area contributed by atoms with Gasteiger partial charge in [-0.2, -0.15) is 0 Å². The molecular formula is C7H13IO. The summed E-state index contributed by atoms with van der Waals surface area (Å²) in [7, 11) is 0. The van der Waals surface area contributed by atoms with Crippen molar-refractivity contribution in [3.05, 3.63) is 0 Å². The van der Waals surface area contributed by atoms with E-state index in [4.69, 9.17) is 0 Å². The number of hydrogen-bond donors (Lipinski definition) is 0. The van der Waals surface area contributed by atoms with Crippen LogP contribution in [0.2, 0.25) is 0 Å². The Bertz CT molecular complexity index is 90.9. The van der Waals surface area contributed by atoms with Gasteiger partial charge in [-0.25, -0.2) is 0 Å². The lowest BCUT2D eigenvalue weighted by Gasteiger charge is -2.02. The predicted molar refractivity (Wildman–Crippen MR) is 48.0 cm³/mol. The summed E-state index contributed by atoms with van der Waals surface area (Å²) < 4.78 is 0.560. The van der Waals surface area contributed by atoms with Gasteiger partial charge in [0.05, 0.1) is 0 Å². The molecule has 0 amide bonds. The molecule has 54 valence electrons. The van der Waals surface area contributed by atoms with Gasteiger partial charge in [-0.15, -0.1) is 0 Å². The molecule has 0 aliphatic heterocycles. The quantitative estimate of drug-likeness (QED) is 0.545. The number of hydrogen-bond acceptors (Lipinski definition) is 1. The largest absolute Gasteiger partial charge is 0.300 e. The molecule has 0 aliphatic rings. The van der Waals surface area contributed by atoms with E-state index in [0.717, 1.165) is 6.42 Å². The second-order valence-electron chi connectivity index (χ2n) is 2.29. The number of Topliss-reactive ketones (excluding diaryl/α,β-unsaturated/α-hetero) is 1. The molecule has 1 nitrogen and oxygen atoms in total. The number of carbonyl (C=O) groups excluding carboxylic acids is 1. The highest BCUT2D eigenvalue weighted by Gasteiger charge is 2.04. The van der Waals surface area contributed by atoms with Crippen LogP contribution in [0.15, 0.2) is 0 Å². The molecule has 0 heterocycles. The summed E-state index contributed by atoms with van der Waals surface area (Å²) >= 11 is 2.34. The van der Waals surface area contributed by atoms with Crippen molar-refractivity contribution in [2.45, 2.75) is 37.0 Å². The minimum atomic E-state index is 0.308. The first kappa shape index (κ1) is 9.40. The maximum atomic E-state index is 10.5. The Labute approximate surface area is 70.4 Å². The van der Waals surface area contributed by atoms with Crippen LogP contribution in [-0.2, 0) is 4.79 Å². The zero-order valence-electron chi connectivity index (χ0n) is 5.98. The van der Waals surface area contributed by atoms with E-state index >= 15 is 0 Å². The van der Waals surface area contributed by atoms with Crippen LogP contribution < -0.4 is 0 Å². The molecule has 1 atom stereocenters. The standard InChI is InChI=1S/C7H13IO/c1-3-4-7(8)5-6(2)9/h7H,3-5H2,1-2H3. The third-order valence-corrected chi connectivity index (χ3v) is 2.17. The molecule has 2 heteroatoms. The number of alkyl halides is 1. The van der Waals surface area contributed by atoms with Crippen molar-refractivity contribution in [2.24, 2.45) is 0 Å². The van der Waals surface area contributed by atoms with Crippen molar-refractivity contribution < 1.29 is 4.79 Å². The summed E-state index contributed by atoms with van der Waals surface area (Å²) in [5, 5.41) is 0. The maximum absolute atomic E-state index is 10.5. The van der Waals surface area contributed by atoms with Gasteiger partial charge in [-0.05, 0) is 13.3 Å². The lowest BCUT2D eigenvalue weighted by atomic mass is 10.2. The minimum Gasteiger partial charge on any atom is -0.300 e. The Morgan fingerprint density at radius 3 is 2.56 bits per heavy atom. The third-order valence-electron chi connectivity index (χ3n) is 1.11. The first-order chi connectivity index (χ1) is 4.16. The SMILES string of the molecule is CCCC(I)CC(C)=O. The molecule has 9 heavy (non-hydrogen) atoms. The van der Waals surface area contributed by atoms with E-state index in [9.17, 15) is 4.79 Å². The van der Waals surface area contributed by atoms with E-state index in [2.05, 4.69) is 29.5 Å². The third kappa shape index (κ3) is 6.28. The van der Waals surface area contributed by atoms with Gasteiger partial charge in [0, 0.05) is 10.3 Å². The minimum absolute atomic E-state index is 0.308. The number of rotatable bonds is 4. The van der Waals surface area contributed by atoms with Crippen LogP contribution in [0, 0.1) is 0 Å². The molecule has 0 aromatic heterocycles. The fourth-order valence-corrected chi connectivity index (χ4v) is 1.97. The highest BCUT2D eigenvalue weighted by molar-refractivity contribution is 14.1. The summed E-state index contributed by atoms with van der Waals surface area (Å²) in [6.07, 6.45) is 3.09. The average molecular weight is 240 g/mol. The zero-order chi connectivity index (χ0) is 7.28. The van der Waals surface area contributed by atoms with Gasteiger partial charge < -0.3 is 0 Å². The number of carbonyl (C=O) groups is 1. The maximum Gasteiger partial charge on any atom is 0.130 e. The second kappa shape index (κ2) is 5.21. The van der Waals surface area contributed by atoms with Gasteiger partial charge >= 0.3 is 0 Å². The van der Waals surface area contributed by atoms with Crippen molar-refractivity contribution in [1.82, 2.24) is 0 Å². The fraction of sp³-hybridized carbons (Fsp3) is 0.857. The summed E-state index contributed by atoms with van der Waals surface area (Å²) in [5.74, 6) is 0.308. The highest BCUT2D eigenvalue weighted by atomic mass is 127. The Morgan fingerprint density at radius 1 is 1.67 bits per heavy atom. The Balaban J connectivity index is 3.26. The van der Waals surface area contributed by atoms with Crippen LogP contribution in [0.1, 0.15) is 33.1 Å². The summed E-state index contributed by atoms with van der Waals surface area (Å²) in [6, 6.07) is 0. The van der Waals surface area contributed by atoms with E-state index < -0.39 is 0 Å². The molecule has 0 aromatic rings. The molecule has 0 saturated heterocycles. The van der Waals surface area contributed by atoms with Gasteiger partial charge in [-0.1, -0.05) is 35.9 Å². The van der Waals surface area contributed by atoms with Gasteiger partial charge in [0.1, 0.15) is 5.78 Å². The summed E-state index contributed by atoms with van der Waals surface area (Å²) in [6.45, 7) is 3.80. The second-order valence-corrected chi connectivity index (χ2v) is 4.05. The van der Waals surface area contributed by atoms with Gasteiger partial charge in [-0.3, -0.25) is 4.79 Å². The average Bonchev–Trinajstić information content (AvgIpc) is 1.63. The Hall–Kier alpha value is 0.400. The molecule has 0 bridgehead atoms. The molecule has 0 aliphatic carbocycles. The van der Waals surface area contributed by atoms with Gasteiger partial charge in [0.15, 0.2) is 0 Å². The molecular weight excluding hydrogens is 227 g/mol. The van der Waals surface area contributed by atoms with Crippen molar-refractivity contribution in [3.8, 4) is 0 Å². The van der Waals surface area contributed by atoms with Crippen LogP contribution in [0.4, 0.5) is 0 Å². The van der Waals surface area contributed by atoms with Gasteiger partial charge in [0.25, 0.3) is 0 Å². The van der Waals surface area contributed by atoms with Gasteiger partial charge in [0.2, 0.25) is 0 Å². The highest BCUT2D eigenvalue weighted by Crippen LogP contribution is 2.12. The summed E-state index contributed by atoms with van der Waals surface area (Å²) in [5.41, 5.74) is 0. The molecule has 0 saturated carbocycles. The van der Waals surface area contributed by atoms with Crippen LogP contribution >= 0.6 is 22.6 Å². The Morgan fingerprint density at radius 2 is 2.22 bits per heavy atom. The van der Waals surface area contributed by atoms with Crippen LogP contribution in [0.3, 0.4) is 0 Å². The van der Waals surface area contributed by atoms with Crippen LogP contribution in [0.5, 0.6) is 0 Å². The van der Waals surface area contributed by atoms with E-state index in [-0.39, 0.29) is 0 Å². The zero-order valence-corrected chi connectivity index (χ0v) is 8.14. The van der Waals surface area contributed by atoms with E-state index in [1.54, 1.807) is 6.92 Å². The molecule has 0 radical (unpaired) electrons. The predicted octanol–water partition coefficient (Wildman–Crippen LogP) is 2.57. The lowest BCUT2D eigenvalue weighted by molar-refractivity contribution is -0.116. The normalized spacial score (nSPS) is 13.2. The molecule has 0 rings (SSSR count). The molecule has 1 unspecified atom stereocenters. The van der Waals surface area contributed by atoms with Crippen LogP contribution in [0.25, 0.3) is 0 Å². The number of ketones is 1.